The Morgan fingerprint density at radius 3 is 2.60 bits per heavy atom. The van der Waals surface area contributed by atoms with Crippen molar-refractivity contribution in [2.24, 2.45) is 11.7 Å². The van der Waals surface area contributed by atoms with Gasteiger partial charge in [0.15, 0.2) is 5.82 Å². The van der Waals surface area contributed by atoms with Gasteiger partial charge in [0.2, 0.25) is 0 Å². The normalized spacial score (nSPS) is 19.8. The van der Waals surface area contributed by atoms with Gasteiger partial charge in [0.25, 0.3) is 0 Å². The van der Waals surface area contributed by atoms with Crippen molar-refractivity contribution in [3.63, 3.8) is 0 Å². The quantitative estimate of drug-likeness (QED) is 0.895. The summed E-state index contributed by atoms with van der Waals surface area (Å²) in [6.07, 6.45) is 8.30. The van der Waals surface area contributed by atoms with E-state index in [0.29, 0.717) is 12.5 Å². The molecule has 1 unspecified atom stereocenters. The number of aromatic nitrogens is 2. The second kappa shape index (κ2) is 7.14. The van der Waals surface area contributed by atoms with Gasteiger partial charge in [-0.05, 0) is 39.5 Å². The molecule has 1 aromatic heterocycles. The molecule has 0 aromatic carbocycles. The Morgan fingerprint density at radius 1 is 1.35 bits per heavy atom. The van der Waals surface area contributed by atoms with Gasteiger partial charge in [-0.15, -0.1) is 0 Å². The molecule has 4 nitrogen and oxygen atoms in total. The molecule has 1 aliphatic carbocycles. The van der Waals surface area contributed by atoms with Gasteiger partial charge < -0.3 is 10.5 Å². The summed E-state index contributed by atoms with van der Waals surface area (Å²) in [7, 11) is 0. The molecule has 1 aliphatic rings. The fourth-order valence-electron chi connectivity index (χ4n) is 3.12. The summed E-state index contributed by atoms with van der Waals surface area (Å²) in [4.78, 5) is 9.21. The van der Waals surface area contributed by atoms with E-state index in [1.54, 1.807) is 0 Å². The molecule has 20 heavy (non-hydrogen) atoms. The molecule has 1 fully saturated rings. The second-order valence-corrected chi connectivity index (χ2v) is 5.83. The van der Waals surface area contributed by atoms with E-state index in [9.17, 15) is 0 Å². The lowest BCUT2D eigenvalue weighted by Crippen LogP contribution is -2.22. The largest absolute Gasteiger partial charge is 0.370 e. The molecule has 0 saturated heterocycles. The van der Waals surface area contributed by atoms with E-state index in [2.05, 4.69) is 9.97 Å². The summed E-state index contributed by atoms with van der Waals surface area (Å²) in [6, 6.07) is -0.0238. The molecule has 1 aromatic rings. The maximum absolute atomic E-state index is 5.97. The van der Waals surface area contributed by atoms with Crippen LogP contribution in [0.15, 0.2) is 6.20 Å². The van der Waals surface area contributed by atoms with Gasteiger partial charge in [0.1, 0.15) is 6.10 Å². The zero-order valence-electron chi connectivity index (χ0n) is 12.9. The first-order valence-corrected chi connectivity index (χ1v) is 7.84. The van der Waals surface area contributed by atoms with E-state index < -0.39 is 0 Å². The maximum atomic E-state index is 5.97. The minimum absolute atomic E-state index is 0.0238. The van der Waals surface area contributed by atoms with Crippen molar-refractivity contribution in [1.82, 2.24) is 9.97 Å². The van der Waals surface area contributed by atoms with Crippen LogP contribution in [0.1, 0.15) is 75.2 Å². The van der Waals surface area contributed by atoms with Crippen molar-refractivity contribution in [2.75, 3.05) is 6.61 Å². The van der Waals surface area contributed by atoms with Crippen LogP contribution in [0.2, 0.25) is 0 Å². The van der Waals surface area contributed by atoms with Crippen molar-refractivity contribution in [2.45, 2.75) is 65.0 Å². The average molecular weight is 277 g/mol. The number of nitrogens with two attached hydrogens (primary N) is 1. The minimum Gasteiger partial charge on any atom is -0.370 e. The molecule has 0 bridgehead atoms. The van der Waals surface area contributed by atoms with Crippen molar-refractivity contribution < 1.29 is 4.74 Å². The monoisotopic (exact) mass is 277 g/mol. The molecule has 1 heterocycles. The van der Waals surface area contributed by atoms with Crippen molar-refractivity contribution in [3.05, 3.63) is 23.3 Å². The Balaban J connectivity index is 2.22. The Labute approximate surface area is 122 Å². The fraction of sp³-hybridized carbons (Fsp3) is 0.750. The van der Waals surface area contributed by atoms with Crippen LogP contribution in [-0.4, -0.2) is 16.6 Å². The second-order valence-electron chi connectivity index (χ2n) is 5.83. The number of hydrogen-bond acceptors (Lipinski definition) is 4. The molecular formula is C16H27N3O. The molecule has 2 N–H and O–H groups in total. The third-order valence-electron chi connectivity index (χ3n) is 4.21. The maximum Gasteiger partial charge on any atom is 0.157 e. The predicted molar refractivity (Wildman–Crippen MR) is 80.3 cm³/mol. The summed E-state index contributed by atoms with van der Waals surface area (Å²) in [5.41, 5.74) is 7.93. The molecule has 0 amide bonds. The van der Waals surface area contributed by atoms with Gasteiger partial charge in [0.05, 0.1) is 0 Å². The topological polar surface area (TPSA) is 61.0 Å². The number of ether oxygens (including phenoxy) is 1. The summed E-state index contributed by atoms with van der Waals surface area (Å²) in [5.74, 6) is 1.39. The van der Waals surface area contributed by atoms with Crippen molar-refractivity contribution in [1.29, 1.82) is 0 Å². The van der Waals surface area contributed by atoms with Crippen molar-refractivity contribution in [3.8, 4) is 0 Å². The Kier molecular flexibility index (Phi) is 5.49. The highest BCUT2D eigenvalue weighted by Gasteiger charge is 2.28. The highest BCUT2D eigenvalue weighted by atomic mass is 16.5. The van der Waals surface area contributed by atoms with E-state index >= 15 is 0 Å². The molecule has 0 spiro atoms. The number of aryl methyl sites for hydroxylation is 1. The van der Waals surface area contributed by atoms with E-state index in [4.69, 9.17) is 10.5 Å². The molecule has 0 radical (unpaired) electrons. The van der Waals surface area contributed by atoms with Crippen LogP contribution in [0.3, 0.4) is 0 Å². The van der Waals surface area contributed by atoms with Crippen LogP contribution >= 0.6 is 0 Å². The molecule has 0 aliphatic heterocycles. The number of hydrogen-bond donors (Lipinski definition) is 1. The summed E-state index contributed by atoms with van der Waals surface area (Å²) in [6.45, 7) is 6.72. The van der Waals surface area contributed by atoms with Crippen LogP contribution < -0.4 is 5.73 Å². The van der Waals surface area contributed by atoms with Crippen LogP contribution in [0.5, 0.6) is 0 Å². The van der Waals surface area contributed by atoms with Gasteiger partial charge in [-0.25, -0.2) is 9.97 Å². The first kappa shape index (κ1) is 15.4. The first-order valence-electron chi connectivity index (χ1n) is 7.84. The standard InChI is InChI=1S/C16H27N3O/c1-4-20-15(13-8-6-5-7-9-13)16-18-10-14(11(2)17)12(3)19-16/h10-11,13,15H,4-9,17H2,1-3H3/t11-,15?/m1/s1. The van der Waals surface area contributed by atoms with E-state index in [-0.39, 0.29) is 12.1 Å². The Morgan fingerprint density at radius 2 is 2.05 bits per heavy atom. The minimum atomic E-state index is -0.0238. The van der Waals surface area contributed by atoms with Crippen LogP contribution in [0.4, 0.5) is 0 Å². The zero-order valence-corrected chi connectivity index (χ0v) is 12.9. The molecule has 2 atom stereocenters. The highest BCUT2D eigenvalue weighted by molar-refractivity contribution is 5.20. The average Bonchev–Trinajstić information content (AvgIpc) is 2.45. The lowest BCUT2D eigenvalue weighted by atomic mass is 9.85. The molecule has 112 valence electrons. The Hall–Kier alpha value is -1.00. The van der Waals surface area contributed by atoms with Crippen LogP contribution in [-0.2, 0) is 4.74 Å². The summed E-state index contributed by atoms with van der Waals surface area (Å²) < 4.78 is 5.97. The molecule has 2 rings (SSSR count). The lowest BCUT2D eigenvalue weighted by molar-refractivity contribution is -0.000333. The van der Waals surface area contributed by atoms with Gasteiger partial charge in [0, 0.05) is 30.1 Å². The first-order chi connectivity index (χ1) is 9.63. The number of nitrogens with zero attached hydrogens (tertiary/aromatic N) is 2. The predicted octanol–water partition coefficient (Wildman–Crippen LogP) is 3.46. The fourth-order valence-corrected chi connectivity index (χ4v) is 3.12. The van der Waals surface area contributed by atoms with E-state index in [0.717, 1.165) is 17.1 Å². The summed E-state index contributed by atoms with van der Waals surface area (Å²) >= 11 is 0. The van der Waals surface area contributed by atoms with Gasteiger partial charge >= 0.3 is 0 Å². The van der Waals surface area contributed by atoms with E-state index in [1.165, 1.54) is 32.1 Å². The van der Waals surface area contributed by atoms with Gasteiger partial charge in [-0.1, -0.05) is 19.3 Å². The Bertz CT molecular complexity index is 428. The third kappa shape index (κ3) is 3.55. The third-order valence-corrected chi connectivity index (χ3v) is 4.21. The van der Waals surface area contributed by atoms with E-state index in [1.807, 2.05) is 27.0 Å². The molecule has 1 saturated carbocycles. The smallest absolute Gasteiger partial charge is 0.157 e. The molecule has 4 heteroatoms. The zero-order chi connectivity index (χ0) is 14.5. The summed E-state index contributed by atoms with van der Waals surface area (Å²) in [5, 5.41) is 0. The van der Waals surface area contributed by atoms with Gasteiger partial charge in [-0.2, -0.15) is 0 Å². The SMILES string of the molecule is CCOC(c1ncc([C@@H](C)N)c(C)n1)C1CCCCC1. The highest BCUT2D eigenvalue weighted by Crippen LogP contribution is 2.35. The van der Waals surface area contributed by atoms with Crippen molar-refractivity contribution >= 4 is 0 Å². The van der Waals surface area contributed by atoms with Crippen LogP contribution in [0, 0.1) is 12.8 Å². The lowest BCUT2D eigenvalue weighted by Gasteiger charge is -2.29. The molecular weight excluding hydrogens is 250 g/mol. The number of rotatable bonds is 5. The van der Waals surface area contributed by atoms with Crippen LogP contribution in [0.25, 0.3) is 0 Å². The van der Waals surface area contributed by atoms with Gasteiger partial charge in [-0.3, -0.25) is 0 Å².